The average molecular weight is 303 g/mol. The maximum atomic E-state index is 11.9. The quantitative estimate of drug-likeness (QED) is 0.333. The molecule has 0 atom stereocenters. The van der Waals surface area contributed by atoms with E-state index in [1.54, 1.807) is 0 Å². The zero-order chi connectivity index (χ0) is 15.3. The highest BCUT2D eigenvalue weighted by molar-refractivity contribution is 7.89. The van der Waals surface area contributed by atoms with Gasteiger partial charge in [-0.15, -0.1) is 0 Å². The van der Waals surface area contributed by atoms with Crippen LogP contribution in [0.2, 0.25) is 0 Å². The van der Waals surface area contributed by atoms with Crippen LogP contribution in [-0.4, -0.2) is 32.6 Å². The normalized spacial score (nSPS) is 11.8. The van der Waals surface area contributed by atoms with Crippen LogP contribution < -0.4 is 10.5 Å². The Morgan fingerprint density at radius 2 is 2.10 bits per heavy atom. The lowest BCUT2D eigenvalue weighted by atomic mass is 10.3. The van der Waals surface area contributed by atoms with Gasteiger partial charge in [0.05, 0.1) is 22.5 Å². The molecule has 112 valence electrons. The molecule has 0 saturated carbocycles. The van der Waals surface area contributed by atoms with Crippen LogP contribution in [0.15, 0.2) is 23.1 Å². The van der Waals surface area contributed by atoms with Crippen molar-refractivity contribution in [3.8, 4) is 0 Å². The fourth-order valence-electron chi connectivity index (χ4n) is 1.40. The average Bonchev–Trinajstić information content (AvgIpc) is 2.34. The van der Waals surface area contributed by atoms with Gasteiger partial charge in [0.2, 0.25) is 10.0 Å². The molecule has 0 bridgehead atoms. The summed E-state index contributed by atoms with van der Waals surface area (Å²) in [4.78, 5) is 9.80. The molecule has 8 nitrogen and oxygen atoms in total. The summed E-state index contributed by atoms with van der Waals surface area (Å²) in [6.07, 6.45) is -0.00267. The summed E-state index contributed by atoms with van der Waals surface area (Å²) >= 11 is 0. The molecule has 0 aliphatic carbocycles. The number of nitro benzene ring substituents is 1. The molecule has 0 heterocycles. The van der Waals surface area contributed by atoms with Crippen LogP contribution in [0.1, 0.15) is 13.8 Å². The van der Waals surface area contributed by atoms with Crippen LogP contribution >= 0.6 is 0 Å². The van der Waals surface area contributed by atoms with Crippen LogP contribution in [0.25, 0.3) is 0 Å². The third-order valence-electron chi connectivity index (χ3n) is 2.35. The van der Waals surface area contributed by atoms with Gasteiger partial charge in [0.1, 0.15) is 5.69 Å². The zero-order valence-electron chi connectivity index (χ0n) is 11.2. The minimum atomic E-state index is -3.82. The van der Waals surface area contributed by atoms with Gasteiger partial charge in [0.15, 0.2) is 0 Å². The number of nitro groups is 1. The van der Waals surface area contributed by atoms with Crippen LogP contribution in [0.4, 0.5) is 11.4 Å². The number of hydrogen-bond acceptors (Lipinski definition) is 6. The van der Waals surface area contributed by atoms with Crippen molar-refractivity contribution < 1.29 is 18.1 Å². The Bertz CT molecular complexity index is 586. The molecular weight excluding hydrogens is 286 g/mol. The molecule has 1 aromatic rings. The fraction of sp³-hybridized carbons (Fsp3) is 0.455. The summed E-state index contributed by atoms with van der Waals surface area (Å²) in [7, 11) is -3.82. The van der Waals surface area contributed by atoms with Gasteiger partial charge in [-0.1, -0.05) is 0 Å². The molecule has 0 aliphatic rings. The highest BCUT2D eigenvalue weighted by Crippen LogP contribution is 2.24. The Labute approximate surface area is 117 Å². The Morgan fingerprint density at radius 1 is 1.45 bits per heavy atom. The second-order valence-corrected chi connectivity index (χ2v) is 6.06. The number of benzene rings is 1. The van der Waals surface area contributed by atoms with Gasteiger partial charge in [0.25, 0.3) is 5.69 Å². The van der Waals surface area contributed by atoms with Crippen molar-refractivity contribution in [2.24, 2.45) is 0 Å². The maximum Gasteiger partial charge on any atom is 0.293 e. The Morgan fingerprint density at radius 3 is 2.65 bits per heavy atom. The minimum absolute atomic E-state index is 0.00267. The van der Waals surface area contributed by atoms with E-state index >= 15 is 0 Å². The van der Waals surface area contributed by atoms with Crippen molar-refractivity contribution in [2.45, 2.75) is 24.8 Å². The summed E-state index contributed by atoms with van der Waals surface area (Å²) in [5.74, 6) is 0. The molecule has 0 radical (unpaired) electrons. The standard InChI is InChI=1S/C11H17N3O5S/c1-8(2)19-6-5-13-20(17,18)9-3-4-10(12)11(7-9)14(15)16/h3-4,7-8,13H,5-6,12H2,1-2H3. The van der Waals surface area contributed by atoms with Crippen molar-refractivity contribution in [3.05, 3.63) is 28.3 Å². The SMILES string of the molecule is CC(C)OCCNS(=O)(=O)c1ccc(N)c([N+](=O)[O-])c1. The second kappa shape index (κ2) is 6.64. The molecule has 1 rings (SSSR count). The van der Waals surface area contributed by atoms with Gasteiger partial charge in [-0.2, -0.15) is 0 Å². The third-order valence-corrected chi connectivity index (χ3v) is 3.81. The number of nitrogens with one attached hydrogen (secondary N) is 1. The molecule has 0 unspecified atom stereocenters. The van der Waals surface area contributed by atoms with Gasteiger partial charge in [-0.05, 0) is 26.0 Å². The predicted octanol–water partition coefficient (Wildman–Crippen LogP) is 0.880. The molecule has 3 N–H and O–H groups in total. The van der Waals surface area contributed by atoms with E-state index < -0.39 is 20.6 Å². The largest absolute Gasteiger partial charge is 0.393 e. The number of nitrogens with zero attached hydrogens (tertiary/aromatic N) is 1. The van der Waals surface area contributed by atoms with E-state index in [0.29, 0.717) is 0 Å². The van der Waals surface area contributed by atoms with Gasteiger partial charge >= 0.3 is 0 Å². The highest BCUT2D eigenvalue weighted by atomic mass is 32.2. The van der Waals surface area contributed by atoms with Crippen LogP contribution in [-0.2, 0) is 14.8 Å². The zero-order valence-corrected chi connectivity index (χ0v) is 12.0. The molecule has 0 fully saturated rings. The first-order valence-corrected chi connectivity index (χ1v) is 7.37. The number of ether oxygens (including phenoxy) is 1. The molecule has 9 heteroatoms. The lowest BCUT2D eigenvalue weighted by molar-refractivity contribution is -0.384. The molecule has 0 saturated heterocycles. The van der Waals surface area contributed by atoms with Gasteiger partial charge in [0, 0.05) is 12.6 Å². The molecule has 0 aromatic heterocycles. The first kappa shape index (κ1) is 16.3. The second-order valence-electron chi connectivity index (χ2n) is 4.30. The van der Waals surface area contributed by atoms with E-state index in [1.165, 1.54) is 12.1 Å². The topological polar surface area (TPSA) is 125 Å². The van der Waals surface area contributed by atoms with Crippen LogP contribution in [0.5, 0.6) is 0 Å². The van der Waals surface area contributed by atoms with E-state index in [-0.39, 0.29) is 29.8 Å². The van der Waals surface area contributed by atoms with E-state index in [1.807, 2.05) is 13.8 Å². The van der Waals surface area contributed by atoms with Crippen LogP contribution in [0, 0.1) is 10.1 Å². The highest BCUT2D eigenvalue weighted by Gasteiger charge is 2.19. The van der Waals surface area contributed by atoms with Crippen molar-refractivity contribution in [1.82, 2.24) is 4.72 Å². The molecular formula is C11H17N3O5S. The smallest absolute Gasteiger partial charge is 0.293 e. The van der Waals surface area contributed by atoms with E-state index in [9.17, 15) is 18.5 Å². The van der Waals surface area contributed by atoms with Gasteiger partial charge in [-0.25, -0.2) is 13.1 Å². The monoisotopic (exact) mass is 303 g/mol. The number of anilines is 1. The lowest BCUT2D eigenvalue weighted by Gasteiger charge is -2.09. The third kappa shape index (κ3) is 4.44. The maximum absolute atomic E-state index is 11.9. The lowest BCUT2D eigenvalue weighted by Crippen LogP contribution is -2.28. The van der Waals surface area contributed by atoms with Crippen molar-refractivity contribution in [1.29, 1.82) is 0 Å². The summed E-state index contributed by atoms with van der Waals surface area (Å²) < 4.78 is 31.4. The van der Waals surface area contributed by atoms with Crippen molar-refractivity contribution in [3.63, 3.8) is 0 Å². The molecule has 0 spiro atoms. The number of nitrogen functional groups attached to an aromatic ring is 1. The summed E-state index contributed by atoms with van der Waals surface area (Å²) in [5, 5.41) is 10.7. The molecule has 1 aromatic carbocycles. The molecule has 0 amide bonds. The summed E-state index contributed by atoms with van der Waals surface area (Å²) in [6.45, 7) is 3.96. The van der Waals surface area contributed by atoms with Crippen molar-refractivity contribution in [2.75, 3.05) is 18.9 Å². The van der Waals surface area contributed by atoms with E-state index in [0.717, 1.165) is 6.07 Å². The fourth-order valence-corrected chi connectivity index (χ4v) is 2.44. The molecule has 0 aliphatic heterocycles. The number of sulfonamides is 1. The van der Waals surface area contributed by atoms with E-state index in [4.69, 9.17) is 10.5 Å². The predicted molar refractivity (Wildman–Crippen MR) is 73.8 cm³/mol. The summed E-state index contributed by atoms with van der Waals surface area (Å²) in [5.41, 5.74) is 4.89. The van der Waals surface area contributed by atoms with Crippen LogP contribution in [0.3, 0.4) is 0 Å². The molecule has 20 heavy (non-hydrogen) atoms. The van der Waals surface area contributed by atoms with E-state index in [2.05, 4.69) is 4.72 Å². The number of nitrogens with two attached hydrogens (primary N) is 1. The van der Waals surface area contributed by atoms with Gasteiger partial charge < -0.3 is 10.5 Å². The number of rotatable bonds is 7. The number of hydrogen-bond donors (Lipinski definition) is 2. The first-order valence-electron chi connectivity index (χ1n) is 5.89. The Hall–Kier alpha value is -1.71. The van der Waals surface area contributed by atoms with Crippen molar-refractivity contribution >= 4 is 21.4 Å². The Balaban J connectivity index is 2.82. The first-order chi connectivity index (χ1) is 9.24. The minimum Gasteiger partial charge on any atom is -0.393 e. The summed E-state index contributed by atoms with van der Waals surface area (Å²) in [6, 6.07) is 3.34. The van der Waals surface area contributed by atoms with Gasteiger partial charge in [-0.3, -0.25) is 10.1 Å². The Kier molecular flexibility index (Phi) is 5.43.